The molecule has 2 amide bonds. The van der Waals surface area contributed by atoms with E-state index in [1.807, 2.05) is 0 Å². The fourth-order valence-electron chi connectivity index (χ4n) is 2.07. The minimum atomic E-state index is -5.18. The Balaban J connectivity index is 3.15. The van der Waals surface area contributed by atoms with Gasteiger partial charge in [-0.2, -0.15) is 8.42 Å². The second-order valence-electron chi connectivity index (χ2n) is 5.26. The molecule has 0 aromatic carbocycles. The molecule has 0 spiro atoms. The van der Waals surface area contributed by atoms with Gasteiger partial charge in [-0.1, -0.05) is 6.08 Å². The Kier molecular flexibility index (Phi) is 8.12. The molecule has 152 valence electrons. The molecule has 4 atom stereocenters. The second kappa shape index (κ2) is 9.43. The van der Waals surface area contributed by atoms with Crippen LogP contribution in [0.15, 0.2) is 24.3 Å². The Bertz CT molecular complexity index is 750. The smallest absolute Gasteiger partial charge is 0.394 e. The van der Waals surface area contributed by atoms with Crippen LogP contribution < -0.4 is 5.32 Å². The molecule has 0 aliphatic carbocycles. The molecule has 0 aromatic heterocycles. The monoisotopic (exact) mass is 426 g/mol. The zero-order chi connectivity index (χ0) is 20.9. The first kappa shape index (κ1) is 23.3. The highest BCUT2D eigenvalue weighted by atomic mass is 32.3. The number of hydrogen-bond donors (Lipinski definition) is 6. The first-order valence-corrected chi connectivity index (χ1v) is 9.01. The van der Waals surface area contributed by atoms with E-state index in [1.54, 1.807) is 0 Å². The number of thiocarbonyl (C=S) groups is 1. The number of aliphatic hydroxyl groups is 4. The van der Waals surface area contributed by atoms with Crippen LogP contribution in [0.2, 0.25) is 0 Å². The molecule has 1 aliphatic heterocycles. The molecule has 12 nitrogen and oxygen atoms in total. The van der Waals surface area contributed by atoms with Gasteiger partial charge in [0.1, 0.15) is 30.0 Å². The lowest BCUT2D eigenvalue weighted by atomic mass is 10.00. The highest BCUT2D eigenvalue weighted by molar-refractivity contribution is 7.81. The predicted octanol–water partition coefficient (Wildman–Crippen LogP) is -3.39. The maximum atomic E-state index is 12.3. The van der Waals surface area contributed by atoms with E-state index in [1.165, 1.54) is 6.08 Å². The lowest BCUT2D eigenvalue weighted by molar-refractivity contribution is -0.129. The van der Waals surface area contributed by atoms with E-state index < -0.39 is 58.8 Å². The summed E-state index contributed by atoms with van der Waals surface area (Å²) in [6.45, 7) is 2.26. The van der Waals surface area contributed by atoms with Gasteiger partial charge in [0, 0.05) is 6.54 Å². The summed E-state index contributed by atoms with van der Waals surface area (Å²) in [5, 5.41) is 40.4. The predicted molar refractivity (Wildman–Crippen MR) is 92.3 cm³/mol. The Morgan fingerprint density at radius 1 is 1.30 bits per heavy atom. The summed E-state index contributed by atoms with van der Waals surface area (Å²) in [5.41, 5.74) is -0.638. The third-order valence-corrected chi connectivity index (χ3v) is 4.11. The second-order valence-corrected chi connectivity index (χ2v) is 6.70. The van der Waals surface area contributed by atoms with Crippen molar-refractivity contribution in [2.75, 3.05) is 13.2 Å². The molecule has 6 N–H and O–H groups in total. The molecule has 1 saturated heterocycles. The van der Waals surface area contributed by atoms with E-state index in [4.69, 9.17) is 21.9 Å². The van der Waals surface area contributed by atoms with Crippen molar-refractivity contribution in [1.29, 1.82) is 0 Å². The van der Waals surface area contributed by atoms with Crippen molar-refractivity contribution in [2.45, 2.75) is 24.4 Å². The summed E-state index contributed by atoms with van der Waals surface area (Å²) in [6, 6.07) is 0. The quantitative estimate of drug-likeness (QED) is 0.0707. The average Bonchev–Trinajstić information content (AvgIpc) is 2.57. The molecular weight excluding hydrogens is 408 g/mol. The van der Waals surface area contributed by atoms with Crippen molar-refractivity contribution < 1.29 is 47.2 Å². The topological polar surface area (TPSA) is 194 Å². The molecule has 1 unspecified atom stereocenters. The number of nitrogens with zero attached hydrogens (tertiary/aromatic N) is 1. The van der Waals surface area contributed by atoms with Gasteiger partial charge in [0.2, 0.25) is 0 Å². The summed E-state index contributed by atoms with van der Waals surface area (Å²) >= 11 is 4.83. The van der Waals surface area contributed by atoms with Crippen molar-refractivity contribution in [1.82, 2.24) is 10.2 Å². The summed E-state index contributed by atoms with van der Waals surface area (Å²) in [5.74, 6) is -1.92. The van der Waals surface area contributed by atoms with E-state index in [2.05, 4.69) is 16.1 Å². The Hall–Kier alpha value is -1.78. The number of nitrogens with one attached hydrogen (secondary N) is 1. The number of hydrogen-bond acceptors (Lipinski definition) is 10. The van der Waals surface area contributed by atoms with E-state index in [-0.39, 0.29) is 11.7 Å². The minimum absolute atomic E-state index is 0.0638. The lowest BCUT2D eigenvalue weighted by Gasteiger charge is -2.30. The zero-order valence-corrected chi connectivity index (χ0v) is 15.3. The Morgan fingerprint density at radius 2 is 1.89 bits per heavy atom. The van der Waals surface area contributed by atoms with Crippen LogP contribution in [0.4, 0.5) is 0 Å². The van der Waals surface area contributed by atoms with Crippen molar-refractivity contribution in [2.24, 2.45) is 0 Å². The third-order valence-electron chi connectivity index (χ3n) is 3.32. The van der Waals surface area contributed by atoms with Gasteiger partial charge in [-0.15, -0.1) is 6.58 Å². The van der Waals surface area contributed by atoms with Crippen LogP contribution in [0.5, 0.6) is 0 Å². The summed E-state index contributed by atoms with van der Waals surface area (Å²) in [7, 11) is -5.18. The van der Waals surface area contributed by atoms with Crippen molar-refractivity contribution in [3.8, 4) is 0 Å². The maximum Gasteiger partial charge on any atom is 0.397 e. The number of carbonyl (C=O) groups is 2. The van der Waals surface area contributed by atoms with Crippen molar-refractivity contribution >= 4 is 39.5 Å². The Morgan fingerprint density at radius 3 is 2.37 bits per heavy atom. The van der Waals surface area contributed by atoms with Gasteiger partial charge >= 0.3 is 10.4 Å². The molecule has 14 heteroatoms. The number of aliphatic hydroxyl groups excluding tert-OH is 4. The van der Waals surface area contributed by atoms with Gasteiger partial charge in [-0.05, 0) is 18.3 Å². The summed E-state index contributed by atoms with van der Waals surface area (Å²) in [6.07, 6.45) is -6.70. The van der Waals surface area contributed by atoms with Crippen LogP contribution in [0.1, 0.15) is 0 Å². The van der Waals surface area contributed by atoms with E-state index in [0.717, 1.165) is 4.90 Å². The van der Waals surface area contributed by atoms with Crippen LogP contribution in [0, 0.1) is 0 Å². The molecule has 27 heavy (non-hydrogen) atoms. The molecule has 0 bridgehead atoms. The van der Waals surface area contributed by atoms with E-state index >= 15 is 0 Å². The first-order valence-electron chi connectivity index (χ1n) is 7.23. The van der Waals surface area contributed by atoms with Gasteiger partial charge in [-0.3, -0.25) is 24.4 Å². The molecule has 1 fully saturated rings. The molecule has 0 aromatic rings. The standard InChI is InChI=1S/C13H18N2O10S2/c1-2-3-15-12(21)6(11(20)14-13(15)26)4-7(17)9(19)10(8(18)5-16)25-27(22,23)24/h2,4,7-10,16-19H,1,3,5H2,(H,14,20,26)(H,22,23,24)/b6-4-/t7-,8-,9-,10?/m1/s1. The fourth-order valence-corrected chi connectivity index (χ4v) is 2.84. The summed E-state index contributed by atoms with van der Waals surface area (Å²) < 4.78 is 34.4. The average molecular weight is 426 g/mol. The molecule has 1 aliphatic rings. The SMILES string of the molecule is C=CCN1C(=O)/C(=C\[C@@H](O)[C@@H](O)C(OS(=O)(=O)O)[C@H](O)CO)C(=O)NC1=S. The van der Waals surface area contributed by atoms with Crippen molar-refractivity contribution in [3.63, 3.8) is 0 Å². The molecule has 1 rings (SSSR count). The van der Waals surface area contributed by atoms with Gasteiger partial charge in [0.25, 0.3) is 11.8 Å². The van der Waals surface area contributed by atoms with Crippen LogP contribution >= 0.6 is 12.2 Å². The number of carbonyl (C=O) groups excluding carboxylic acids is 2. The van der Waals surface area contributed by atoms with Gasteiger partial charge < -0.3 is 20.4 Å². The third kappa shape index (κ3) is 6.12. The highest BCUT2D eigenvalue weighted by Gasteiger charge is 2.38. The van der Waals surface area contributed by atoms with Gasteiger partial charge in [0.05, 0.1) is 6.61 Å². The normalized spacial score (nSPS) is 21.6. The van der Waals surface area contributed by atoms with E-state index in [9.17, 15) is 33.3 Å². The molecule has 1 heterocycles. The molecular formula is C13H18N2O10S2. The van der Waals surface area contributed by atoms with Gasteiger partial charge in [0.15, 0.2) is 5.11 Å². The maximum absolute atomic E-state index is 12.3. The van der Waals surface area contributed by atoms with Crippen molar-refractivity contribution in [3.05, 3.63) is 24.3 Å². The molecule has 0 radical (unpaired) electrons. The largest absolute Gasteiger partial charge is 0.397 e. The van der Waals surface area contributed by atoms with Crippen LogP contribution in [-0.2, 0) is 24.2 Å². The van der Waals surface area contributed by atoms with Crippen LogP contribution in [0.3, 0.4) is 0 Å². The minimum Gasteiger partial charge on any atom is -0.394 e. The number of amides is 2. The lowest BCUT2D eigenvalue weighted by Crippen LogP contribution is -2.54. The van der Waals surface area contributed by atoms with E-state index in [0.29, 0.717) is 6.08 Å². The Labute approximate surface area is 159 Å². The zero-order valence-electron chi connectivity index (χ0n) is 13.6. The fraction of sp³-hybridized carbons (Fsp3) is 0.462. The van der Waals surface area contributed by atoms with Gasteiger partial charge in [-0.25, -0.2) is 4.18 Å². The van der Waals surface area contributed by atoms with Crippen LogP contribution in [-0.4, -0.2) is 92.8 Å². The molecule has 0 saturated carbocycles. The highest BCUT2D eigenvalue weighted by Crippen LogP contribution is 2.17. The number of rotatable bonds is 9. The first-order chi connectivity index (χ1) is 12.4. The summed E-state index contributed by atoms with van der Waals surface area (Å²) in [4.78, 5) is 25.2. The van der Waals surface area contributed by atoms with Crippen LogP contribution in [0.25, 0.3) is 0 Å².